The van der Waals surface area contributed by atoms with E-state index in [2.05, 4.69) is 17.1 Å². The highest BCUT2D eigenvalue weighted by molar-refractivity contribution is 6.07. The van der Waals surface area contributed by atoms with Crippen molar-refractivity contribution in [3.63, 3.8) is 0 Å². The standard InChI is InChI=1S/C21H21NO2.C2H6.CH4O/c1-21(2,3)24-20(23)17-13-18(15-7-5-4-6-8-15)19(14-17)16-9-11-22-12-10-16;2*1-2/h4-13H,14H2,1-3H3;1-2H3;2H,1H3. The third-order valence-corrected chi connectivity index (χ3v) is 3.79. The molecule has 1 heterocycles. The maximum atomic E-state index is 12.5. The number of esters is 1. The molecular formula is C24H31NO3. The van der Waals surface area contributed by atoms with Gasteiger partial charge in [0.2, 0.25) is 0 Å². The molecule has 0 fully saturated rings. The summed E-state index contributed by atoms with van der Waals surface area (Å²) >= 11 is 0. The number of carbonyl (C=O) groups is 1. The number of aliphatic hydroxyl groups is 1. The summed E-state index contributed by atoms with van der Waals surface area (Å²) in [7, 11) is 1.00. The summed E-state index contributed by atoms with van der Waals surface area (Å²) in [5.74, 6) is -0.250. The molecule has 0 amide bonds. The zero-order valence-electron chi connectivity index (χ0n) is 17.7. The van der Waals surface area contributed by atoms with Crippen molar-refractivity contribution in [3.05, 3.63) is 77.6 Å². The van der Waals surface area contributed by atoms with Crippen LogP contribution in [0, 0.1) is 0 Å². The van der Waals surface area contributed by atoms with Crippen molar-refractivity contribution < 1.29 is 14.6 Å². The molecule has 1 aromatic carbocycles. The number of aromatic nitrogens is 1. The summed E-state index contributed by atoms with van der Waals surface area (Å²) in [4.78, 5) is 16.6. The van der Waals surface area contributed by atoms with Crippen molar-refractivity contribution in [2.45, 2.75) is 46.6 Å². The van der Waals surface area contributed by atoms with Crippen LogP contribution in [0.5, 0.6) is 0 Å². The Balaban J connectivity index is 0.000000921. The number of ether oxygens (including phenoxy) is 1. The topological polar surface area (TPSA) is 59.4 Å². The number of allylic oxidation sites excluding steroid dienone is 3. The summed E-state index contributed by atoms with van der Waals surface area (Å²) < 4.78 is 5.54. The van der Waals surface area contributed by atoms with Crippen molar-refractivity contribution in [1.29, 1.82) is 0 Å². The molecule has 0 saturated carbocycles. The van der Waals surface area contributed by atoms with Gasteiger partial charge in [-0.1, -0.05) is 44.2 Å². The quantitative estimate of drug-likeness (QED) is 0.733. The van der Waals surface area contributed by atoms with E-state index in [1.165, 1.54) is 0 Å². The van der Waals surface area contributed by atoms with Gasteiger partial charge in [-0.3, -0.25) is 4.98 Å². The molecule has 0 saturated heterocycles. The highest BCUT2D eigenvalue weighted by Gasteiger charge is 2.26. The lowest BCUT2D eigenvalue weighted by Gasteiger charge is -2.20. The molecule has 0 atom stereocenters. The first-order chi connectivity index (χ1) is 13.4. The predicted octanol–water partition coefficient (Wildman–Crippen LogP) is 5.30. The first-order valence-corrected chi connectivity index (χ1v) is 9.52. The van der Waals surface area contributed by atoms with Gasteiger partial charge in [-0.15, -0.1) is 0 Å². The van der Waals surface area contributed by atoms with Gasteiger partial charge in [0, 0.05) is 31.5 Å². The summed E-state index contributed by atoms with van der Waals surface area (Å²) in [5, 5.41) is 7.00. The molecule has 0 bridgehead atoms. The van der Waals surface area contributed by atoms with E-state index in [9.17, 15) is 4.79 Å². The molecule has 3 rings (SSSR count). The predicted molar refractivity (Wildman–Crippen MR) is 116 cm³/mol. The van der Waals surface area contributed by atoms with E-state index in [0.717, 1.165) is 29.4 Å². The van der Waals surface area contributed by atoms with E-state index < -0.39 is 5.60 Å². The van der Waals surface area contributed by atoms with E-state index >= 15 is 0 Å². The largest absolute Gasteiger partial charge is 0.457 e. The van der Waals surface area contributed by atoms with Crippen LogP contribution in [0.2, 0.25) is 0 Å². The van der Waals surface area contributed by atoms with Crippen molar-refractivity contribution in [2.75, 3.05) is 7.11 Å². The molecule has 150 valence electrons. The number of hydrogen-bond donors (Lipinski definition) is 1. The van der Waals surface area contributed by atoms with Crippen LogP contribution in [0.25, 0.3) is 11.1 Å². The average Bonchev–Trinajstić information content (AvgIpc) is 3.17. The summed E-state index contributed by atoms with van der Waals surface area (Å²) in [5.41, 5.74) is 4.58. The van der Waals surface area contributed by atoms with E-state index in [1.54, 1.807) is 12.4 Å². The lowest BCUT2D eigenvalue weighted by molar-refractivity contribution is -0.149. The van der Waals surface area contributed by atoms with Crippen LogP contribution in [0.4, 0.5) is 0 Å². The molecule has 0 aliphatic heterocycles. The zero-order valence-corrected chi connectivity index (χ0v) is 17.7. The van der Waals surface area contributed by atoms with Gasteiger partial charge in [0.25, 0.3) is 0 Å². The Morgan fingerprint density at radius 3 is 2.07 bits per heavy atom. The van der Waals surface area contributed by atoms with Gasteiger partial charge < -0.3 is 9.84 Å². The fraction of sp³-hybridized carbons (Fsp3) is 0.333. The van der Waals surface area contributed by atoms with Crippen molar-refractivity contribution in [2.24, 2.45) is 0 Å². The maximum absolute atomic E-state index is 12.5. The molecule has 4 nitrogen and oxygen atoms in total. The number of carbonyl (C=O) groups excluding carboxylic acids is 1. The van der Waals surface area contributed by atoms with Gasteiger partial charge >= 0.3 is 5.97 Å². The number of rotatable bonds is 3. The molecule has 1 aliphatic carbocycles. The fourth-order valence-corrected chi connectivity index (χ4v) is 2.76. The van der Waals surface area contributed by atoms with Gasteiger partial charge in [-0.25, -0.2) is 4.79 Å². The monoisotopic (exact) mass is 381 g/mol. The minimum absolute atomic E-state index is 0.250. The molecule has 1 aliphatic rings. The van der Waals surface area contributed by atoms with Crippen LogP contribution in [0.3, 0.4) is 0 Å². The van der Waals surface area contributed by atoms with E-state index in [1.807, 2.05) is 71.0 Å². The third kappa shape index (κ3) is 6.46. The van der Waals surface area contributed by atoms with Crippen LogP contribution in [-0.4, -0.2) is 28.8 Å². The van der Waals surface area contributed by atoms with E-state index in [-0.39, 0.29) is 5.97 Å². The Morgan fingerprint density at radius 2 is 1.54 bits per heavy atom. The highest BCUT2D eigenvalue weighted by Crippen LogP contribution is 2.39. The Labute approximate surface area is 168 Å². The van der Waals surface area contributed by atoms with Gasteiger partial charge in [0.15, 0.2) is 0 Å². The van der Waals surface area contributed by atoms with E-state index in [4.69, 9.17) is 9.84 Å². The maximum Gasteiger partial charge on any atom is 0.334 e. The minimum atomic E-state index is -0.496. The first-order valence-electron chi connectivity index (χ1n) is 9.52. The molecule has 28 heavy (non-hydrogen) atoms. The highest BCUT2D eigenvalue weighted by atomic mass is 16.6. The van der Waals surface area contributed by atoms with Gasteiger partial charge in [0.05, 0.1) is 0 Å². The first kappa shape index (κ1) is 23.3. The van der Waals surface area contributed by atoms with Crippen molar-refractivity contribution in [1.82, 2.24) is 4.98 Å². The molecule has 1 aromatic heterocycles. The molecule has 0 unspecified atom stereocenters. The molecule has 2 aromatic rings. The Hall–Kier alpha value is -2.72. The van der Waals surface area contributed by atoms with Gasteiger partial charge in [-0.05, 0) is 61.3 Å². The average molecular weight is 382 g/mol. The summed E-state index contributed by atoms with van der Waals surface area (Å²) in [6.45, 7) is 9.65. The van der Waals surface area contributed by atoms with Gasteiger partial charge in [-0.2, -0.15) is 0 Å². The summed E-state index contributed by atoms with van der Waals surface area (Å²) in [6, 6.07) is 14.1. The minimum Gasteiger partial charge on any atom is -0.457 e. The van der Waals surface area contributed by atoms with Crippen LogP contribution >= 0.6 is 0 Å². The van der Waals surface area contributed by atoms with Crippen LogP contribution in [-0.2, 0) is 9.53 Å². The number of pyridine rings is 1. The lowest BCUT2D eigenvalue weighted by atomic mass is 9.97. The Kier molecular flexibility index (Phi) is 9.33. The normalized spacial score (nSPS) is 12.9. The Bertz CT molecular complexity index is 801. The van der Waals surface area contributed by atoms with Crippen molar-refractivity contribution in [3.8, 4) is 0 Å². The second-order valence-electron chi connectivity index (χ2n) is 6.84. The van der Waals surface area contributed by atoms with Crippen molar-refractivity contribution >= 4 is 17.1 Å². The molecule has 4 heteroatoms. The molecule has 0 radical (unpaired) electrons. The number of nitrogens with zero attached hydrogens (tertiary/aromatic N) is 1. The van der Waals surface area contributed by atoms with Crippen LogP contribution in [0.1, 0.15) is 52.2 Å². The lowest BCUT2D eigenvalue weighted by Crippen LogP contribution is -2.24. The third-order valence-electron chi connectivity index (χ3n) is 3.79. The van der Waals surface area contributed by atoms with Crippen LogP contribution in [0.15, 0.2) is 66.5 Å². The zero-order chi connectivity index (χ0) is 21.2. The van der Waals surface area contributed by atoms with E-state index in [0.29, 0.717) is 12.0 Å². The number of benzene rings is 1. The second-order valence-corrected chi connectivity index (χ2v) is 6.84. The number of aliphatic hydroxyl groups excluding tert-OH is 1. The second kappa shape index (κ2) is 11.2. The smallest absolute Gasteiger partial charge is 0.334 e. The molecule has 1 N–H and O–H groups in total. The molecule has 0 spiro atoms. The SMILES string of the molecule is CC.CC(C)(C)OC(=O)C1=CC(c2ccccc2)=C(c2ccncc2)C1.CO. The Morgan fingerprint density at radius 1 is 0.964 bits per heavy atom. The van der Waals surface area contributed by atoms with Gasteiger partial charge in [0.1, 0.15) is 5.60 Å². The van der Waals surface area contributed by atoms with Crippen LogP contribution < -0.4 is 0 Å². The number of hydrogen-bond acceptors (Lipinski definition) is 4. The summed E-state index contributed by atoms with van der Waals surface area (Å²) in [6.07, 6.45) is 6.08. The fourth-order valence-electron chi connectivity index (χ4n) is 2.76. The molecular weight excluding hydrogens is 350 g/mol.